The van der Waals surface area contributed by atoms with Crippen molar-refractivity contribution < 1.29 is 13.6 Å². The number of benzene rings is 1. The molecular formula is C11H12ClF2NO. The molecule has 1 rings (SSSR count). The zero-order valence-corrected chi connectivity index (χ0v) is 9.52. The highest BCUT2D eigenvalue weighted by Gasteiger charge is 2.17. The lowest BCUT2D eigenvalue weighted by atomic mass is 10.2. The van der Waals surface area contributed by atoms with E-state index in [1.165, 1.54) is 6.07 Å². The summed E-state index contributed by atoms with van der Waals surface area (Å²) in [6, 6.07) is 3.28. The molecule has 0 saturated heterocycles. The van der Waals surface area contributed by atoms with Gasteiger partial charge in [0.15, 0.2) is 0 Å². The summed E-state index contributed by atoms with van der Waals surface area (Å²) in [6.07, 6.45) is 0.668. The van der Waals surface area contributed by atoms with Crippen molar-refractivity contribution in [2.45, 2.75) is 18.7 Å². The Morgan fingerprint density at radius 2 is 2.00 bits per heavy atom. The van der Waals surface area contributed by atoms with E-state index in [1.54, 1.807) is 0 Å². The SMILES string of the molecule is CCC(Cl)CNC(=O)c1c(F)cccc1F. The highest BCUT2D eigenvalue weighted by molar-refractivity contribution is 6.20. The minimum absolute atomic E-state index is 0.185. The minimum atomic E-state index is -0.875. The van der Waals surface area contributed by atoms with Crippen LogP contribution in [0.15, 0.2) is 18.2 Å². The van der Waals surface area contributed by atoms with Gasteiger partial charge in [-0.05, 0) is 18.6 Å². The van der Waals surface area contributed by atoms with Crippen molar-refractivity contribution in [2.75, 3.05) is 6.54 Å². The van der Waals surface area contributed by atoms with Crippen molar-refractivity contribution in [2.24, 2.45) is 0 Å². The van der Waals surface area contributed by atoms with E-state index < -0.39 is 23.1 Å². The van der Waals surface area contributed by atoms with Gasteiger partial charge in [0.25, 0.3) is 5.91 Å². The Morgan fingerprint density at radius 3 is 2.50 bits per heavy atom. The Hall–Kier alpha value is -1.16. The molecule has 16 heavy (non-hydrogen) atoms. The van der Waals surface area contributed by atoms with Gasteiger partial charge in [-0.25, -0.2) is 8.78 Å². The van der Waals surface area contributed by atoms with Gasteiger partial charge in [-0.15, -0.1) is 11.6 Å². The van der Waals surface area contributed by atoms with Crippen LogP contribution < -0.4 is 5.32 Å². The van der Waals surface area contributed by atoms with Crippen molar-refractivity contribution in [1.82, 2.24) is 5.32 Å². The topological polar surface area (TPSA) is 29.1 Å². The first-order chi connectivity index (χ1) is 7.56. The molecule has 1 aromatic carbocycles. The smallest absolute Gasteiger partial charge is 0.257 e. The second-order valence-corrected chi connectivity index (χ2v) is 3.93. The maximum Gasteiger partial charge on any atom is 0.257 e. The number of halogens is 3. The number of carbonyl (C=O) groups is 1. The monoisotopic (exact) mass is 247 g/mol. The highest BCUT2D eigenvalue weighted by Crippen LogP contribution is 2.11. The Bertz CT molecular complexity index is 364. The van der Waals surface area contributed by atoms with Crippen LogP contribution in [0.1, 0.15) is 23.7 Å². The molecule has 0 aliphatic heterocycles. The summed E-state index contributed by atoms with van der Waals surface area (Å²) in [4.78, 5) is 11.5. The van der Waals surface area contributed by atoms with E-state index in [0.717, 1.165) is 12.1 Å². The van der Waals surface area contributed by atoms with Gasteiger partial charge in [0.2, 0.25) is 0 Å². The Balaban J connectivity index is 2.73. The van der Waals surface area contributed by atoms with Crippen molar-refractivity contribution >= 4 is 17.5 Å². The normalized spacial score (nSPS) is 12.2. The van der Waals surface area contributed by atoms with Gasteiger partial charge in [0.1, 0.15) is 17.2 Å². The molecule has 88 valence electrons. The molecule has 0 aromatic heterocycles. The number of rotatable bonds is 4. The second kappa shape index (κ2) is 5.80. The van der Waals surface area contributed by atoms with Crippen LogP contribution in [-0.4, -0.2) is 17.8 Å². The van der Waals surface area contributed by atoms with Crippen LogP contribution >= 0.6 is 11.6 Å². The lowest BCUT2D eigenvalue weighted by molar-refractivity contribution is 0.0945. The first-order valence-electron chi connectivity index (χ1n) is 4.92. The maximum atomic E-state index is 13.2. The second-order valence-electron chi connectivity index (χ2n) is 3.31. The molecule has 0 heterocycles. The van der Waals surface area contributed by atoms with Crippen LogP contribution in [0.2, 0.25) is 0 Å². The third kappa shape index (κ3) is 3.17. The molecule has 1 atom stereocenters. The van der Waals surface area contributed by atoms with E-state index in [4.69, 9.17) is 11.6 Å². The van der Waals surface area contributed by atoms with E-state index in [1.807, 2.05) is 6.92 Å². The molecule has 1 N–H and O–H groups in total. The largest absolute Gasteiger partial charge is 0.350 e. The fourth-order valence-corrected chi connectivity index (χ4v) is 1.23. The number of alkyl halides is 1. The van der Waals surface area contributed by atoms with E-state index in [-0.39, 0.29) is 11.9 Å². The fourth-order valence-electron chi connectivity index (χ4n) is 1.15. The van der Waals surface area contributed by atoms with Crippen LogP contribution in [0.25, 0.3) is 0 Å². The molecule has 1 unspecified atom stereocenters. The average Bonchev–Trinajstić information content (AvgIpc) is 2.25. The highest BCUT2D eigenvalue weighted by atomic mass is 35.5. The summed E-state index contributed by atoms with van der Waals surface area (Å²) in [6.45, 7) is 2.04. The van der Waals surface area contributed by atoms with Crippen LogP contribution in [-0.2, 0) is 0 Å². The molecule has 0 radical (unpaired) electrons. The fraction of sp³-hybridized carbons (Fsp3) is 0.364. The maximum absolute atomic E-state index is 13.2. The zero-order chi connectivity index (χ0) is 12.1. The molecule has 0 spiro atoms. The summed E-state index contributed by atoms with van der Waals surface area (Å²) in [7, 11) is 0. The van der Waals surface area contributed by atoms with E-state index in [0.29, 0.717) is 6.42 Å². The van der Waals surface area contributed by atoms with Crippen LogP contribution in [0, 0.1) is 11.6 Å². The summed E-state index contributed by atoms with van der Waals surface area (Å²) >= 11 is 5.77. The van der Waals surface area contributed by atoms with Crippen LogP contribution in [0.3, 0.4) is 0 Å². The number of carbonyl (C=O) groups excluding carboxylic acids is 1. The first-order valence-corrected chi connectivity index (χ1v) is 5.36. The minimum Gasteiger partial charge on any atom is -0.350 e. The molecule has 0 fully saturated rings. The molecule has 1 aromatic rings. The molecule has 0 aliphatic carbocycles. The Morgan fingerprint density at radius 1 is 1.44 bits per heavy atom. The molecule has 0 bridgehead atoms. The number of hydrogen-bond acceptors (Lipinski definition) is 1. The summed E-state index contributed by atoms with van der Waals surface area (Å²) < 4.78 is 26.3. The number of hydrogen-bond donors (Lipinski definition) is 1. The van der Waals surface area contributed by atoms with Crippen molar-refractivity contribution in [3.05, 3.63) is 35.4 Å². The summed E-state index contributed by atoms with van der Waals surface area (Å²) in [5, 5.41) is 2.14. The quantitative estimate of drug-likeness (QED) is 0.815. The molecule has 0 saturated carbocycles. The summed E-state index contributed by atoms with van der Waals surface area (Å²) in [5.74, 6) is -2.53. The lowest BCUT2D eigenvalue weighted by Gasteiger charge is -2.09. The van der Waals surface area contributed by atoms with Gasteiger partial charge in [0.05, 0.1) is 5.38 Å². The Labute approximate surface area is 97.6 Å². The van der Waals surface area contributed by atoms with Gasteiger partial charge in [0, 0.05) is 6.54 Å². The summed E-state index contributed by atoms with van der Waals surface area (Å²) in [5.41, 5.74) is -0.567. The molecular weight excluding hydrogens is 236 g/mol. The van der Waals surface area contributed by atoms with Crippen LogP contribution in [0.4, 0.5) is 8.78 Å². The number of amides is 1. The van der Waals surface area contributed by atoms with Gasteiger partial charge in [-0.2, -0.15) is 0 Å². The number of nitrogens with one attached hydrogen (secondary N) is 1. The molecule has 5 heteroatoms. The first kappa shape index (κ1) is 12.9. The van der Waals surface area contributed by atoms with E-state index in [2.05, 4.69) is 5.32 Å². The van der Waals surface area contributed by atoms with E-state index >= 15 is 0 Å². The predicted octanol–water partition coefficient (Wildman–Crippen LogP) is 2.71. The molecule has 0 aliphatic rings. The van der Waals surface area contributed by atoms with Gasteiger partial charge < -0.3 is 5.32 Å². The molecule has 1 amide bonds. The van der Waals surface area contributed by atoms with Crippen molar-refractivity contribution in [3.63, 3.8) is 0 Å². The third-order valence-electron chi connectivity index (χ3n) is 2.12. The zero-order valence-electron chi connectivity index (χ0n) is 8.77. The standard InChI is InChI=1S/C11H12ClF2NO/c1-2-7(12)6-15-11(16)10-8(13)4-3-5-9(10)14/h3-5,7H,2,6H2,1H3,(H,15,16). The van der Waals surface area contributed by atoms with Gasteiger partial charge in [-0.1, -0.05) is 13.0 Å². The van der Waals surface area contributed by atoms with Gasteiger partial charge in [-0.3, -0.25) is 4.79 Å². The average molecular weight is 248 g/mol. The third-order valence-corrected chi connectivity index (χ3v) is 2.58. The lowest BCUT2D eigenvalue weighted by Crippen LogP contribution is -2.30. The van der Waals surface area contributed by atoms with Crippen molar-refractivity contribution in [3.8, 4) is 0 Å². The predicted molar refractivity (Wildman–Crippen MR) is 58.6 cm³/mol. The van der Waals surface area contributed by atoms with E-state index in [9.17, 15) is 13.6 Å². The van der Waals surface area contributed by atoms with Crippen molar-refractivity contribution in [1.29, 1.82) is 0 Å². The van der Waals surface area contributed by atoms with Gasteiger partial charge >= 0.3 is 0 Å². The van der Waals surface area contributed by atoms with Crippen LogP contribution in [0.5, 0.6) is 0 Å². The molecule has 2 nitrogen and oxygen atoms in total. The Kier molecular flexibility index (Phi) is 4.68.